The van der Waals surface area contributed by atoms with Gasteiger partial charge in [-0.05, 0) is 23.8 Å². The van der Waals surface area contributed by atoms with Crippen LogP contribution in [0.4, 0.5) is 5.69 Å². The van der Waals surface area contributed by atoms with Gasteiger partial charge in [-0.3, -0.25) is 0 Å². The number of rotatable bonds is 5. The van der Waals surface area contributed by atoms with E-state index in [1.54, 1.807) is 0 Å². The molecule has 1 aliphatic heterocycles. The Bertz CT molecular complexity index is 865. The maximum Gasteiger partial charge on any atom is 0.345 e. The van der Waals surface area contributed by atoms with E-state index in [-0.39, 0.29) is 5.57 Å². The minimum absolute atomic E-state index is 0.191. The van der Waals surface area contributed by atoms with Crippen molar-refractivity contribution in [3.05, 3.63) is 46.8 Å². The number of aromatic amines is 1. The first-order valence-electron chi connectivity index (χ1n) is 8.73. The second-order valence-electron chi connectivity index (χ2n) is 6.11. The number of H-pyrrole nitrogens is 1. The van der Waals surface area contributed by atoms with Crippen LogP contribution >= 0.6 is 11.6 Å². The molecule has 7 nitrogen and oxygen atoms in total. The number of morpholine rings is 1. The summed E-state index contributed by atoms with van der Waals surface area (Å²) in [5.41, 5.74) is 3.18. The highest BCUT2D eigenvalue weighted by atomic mass is 35.5. The summed E-state index contributed by atoms with van der Waals surface area (Å²) in [4.78, 5) is 29.5. The number of ether oxygens (including phenoxy) is 3. The zero-order chi connectivity index (χ0) is 20.1. The van der Waals surface area contributed by atoms with E-state index in [2.05, 4.69) is 9.88 Å². The van der Waals surface area contributed by atoms with Gasteiger partial charge < -0.3 is 24.1 Å². The van der Waals surface area contributed by atoms with Crippen LogP contribution in [0.2, 0.25) is 5.02 Å². The maximum absolute atomic E-state index is 12.1. The number of aromatic nitrogens is 1. The lowest BCUT2D eigenvalue weighted by molar-refractivity contribution is -0.143. The van der Waals surface area contributed by atoms with Crippen LogP contribution in [0, 0.1) is 0 Å². The molecule has 0 atom stereocenters. The highest BCUT2D eigenvalue weighted by Crippen LogP contribution is 2.36. The molecule has 1 aromatic heterocycles. The summed E-state index contributed by atoms with van der Waals surface area (Å²) >= 11 is 6.02. The molecular formula is C20H21ClN2O5. The second-order valence-corrected chi connectivity index (χ2v) is 6.55. The molecule has 0 bridgehead atoms. The lowest BCUT2D eigenvalue weighted by atomic mass is 10.0. The summed E-state index contributed by atoms with van der Waals surface area (Å²) in [5.74, 6) is -1.52. The SMILES string of the molecule is COC(=O)C(=Cc1[nH]cc(-c2ccc(Cl)cc2)c1N1CCOCC1)C(=O)OC. The highest BCUT2D eigenvalue weighted by molar-refractivity contribution is 6.30. The van der Waals surface area contributed by atoms with E-state index in [9.17, 15) is 9.59 Å². The Labute approximate surface area is 167 Å². The summed E-state index contributed by atoms with van der Waals surface area (Å²) in [7, 11) is 2.44. The van der Waals surface area contributed by atoms with Gasteiger partial charge in [-0.1, -0.05) is 23.7 Å². The maximum atomic E-state index is 12.1. The molecule has 0 saturated carbocycles. The van der Waals surface area contributed by atoms with Crippen molar-refractivity contribution in [2.45, 2.75) is 0 Å². The summed E-state index contributed by atoms with van der Waals surface area (Å²) in [6.07, 6.45) is 3.30. The molecule has 2 heterocycles. The minimum atomic E-state index is -0.762. The Kier molecular flexibility index (Phi) is 6.38. The number of halogens is 1. The van der Waals surface area contributed by atoms with Gasteiger partial charge in [-0.25, -0.2) is 9.59 Å². The Morgan fingerprint density at radius 3 is 2.29 bits per heavy atom. The number of nitrogens with one attached hydrogen (secondary N) is 1. The molecule has 1 N–H and O–H groups in total. The summed E-state index contributed by atoms with van der Waals surface area (Å²) in [6, 6.07) is 7.47. The predicted octanol–water partition coefficient (Wildman–Crippen LogP) is 2.90. The van der Waals surface area contributed by atoms with Gasteiger partial charge in [-0.2, -0.15) is 0 Å². The van der Waals surface area contributed by atoms with Gasteiger partial charge in [0.2, 0.25) is 0 Å². The third-order valence-corrected chi connectivity index (χ3v) is 4.72. The lowest BCUT2D eigenvalue weighted by Gasteiger charge is -2.30. The van der Waals surface area contributed by atoms with E-state index in [4.69, 9.17) is 25.8 Å². The van der Waals surface area contributed by atoms with E-state index in [0.29, 0.717) is 37.0 Å². The minimum Gasteiger partial charge on any atom is -0.465 e. The molecule has 1 saturated heterocycles. The van der Waals surface area contributed by atoms with Crippen molar-refractivity contribution in [1.82, 2.24) is 4.98 Å². The number of anilines is 1. The largest absolute Gasteiger partial charge is 0.465 e. The van der Waals surface area contributed by atoms with Gasteiger partial charge in [0.05, 0.1) is 38.8 Å². The summed E-state index contributed by atoms with van der Waals surface area (Å²) in [5, 5.41) is 0.644. The smallest absolute Gasteiger partial charge is 0.345 e. The van der Waals surface area contributed by atoms with Crippen molar-refractivity contribution in [2.24, 2.45) is 0 Å². The highest BCUT2D eigenvalue weighted by Gasteiger charge is 2.24. The Hall–Kier alpha value is -2.77. The number of esters is 2. The number of carbonyl (C=O) groups is 2. The lowest BCUT2D eigenvalue weighted by Crippen LogP contribution is -2.36. The number of hydrogen-bond donors (Lipinski definition) is 1. The Morgan fingerprint density at radius 2 is 1.71 bits per heavy atom. The first-order chi connectivity index (χ1) is 13.5. The third kappa shape index (κ3) is 4.21. The van der Waals surface area contributed by atoms with Crippen LogP contribution < -0.4 is 4.90 Å². The third-order valence-electron chi connectivity index (χ3n) is 4.46. The first-order valence-corrected chi connectivity index (χ1v) is 9.11. The molecule has 8 heteroatoms. The van der Waals surface area contributed by atoms with E-state index < -0.39 is 11.9 Å². The fraction of sp³-hybridized carbons (Fsp3) is 0.300. The van der Waals surface area contributed by atoms with Gasteiger partial charge >= 0.3 is 11.9 Å². The van der Waals surface area contributed by atoms with Crippen molar-refractivity contribution in [1.29, 1.82) is 0 Å². The van der Waals surface area contributed by atoms with Gasteiger partial charge in [0.25, 0.3) is 0 Å². The van der Waals surface area contributed by atoms with E-state index in [1.807, 2.05) is 30.5 Å². The van der Waals surface area contributed by atoms with Crippen LogP contribution in [-0.2, 0) is 23.8 Å². The molecule has 1 aliphatic rings. The summed E-state index contributed by atoms with van der Waals surface area (Å²) in [6.45, 7) is 2.56. The zero-order valence-electron chi connectivity index (χ0n) is 15.7. The van der Waals surface area contributed by atoms with Gasteiger partial charge in [0.15, 0.2) is 0 Å². The number of hydrogen-bond acceptors (Lipinski definition) is 6. The summed E-state index contributed by atoms with van der Waals surface area (Å²) < 4.78 is 14.9. The van der Waals surface area contributed by atoms with Crippen LogP contribution in [-0.4, -0.2) is 57.4 Å². The molecule has 148 valence electrons. The molecule has 2 aromatic rings. The normalized spacial score (nSPS) is 13.8. The van der Waals surface area contributed by atoms with Gasteiger partial charge in [-0.15, -0.1) is 0 Å². The van der Waals surface area contributed by atoms with Gasteiger partial charge in [0.1, 0.15) is 5.57 Å². The molecule has 0 spiro atoms. The molecule has 1 fully saturated rings. The quantitative estimate of drug-likeness (QED) is 0.357. The monoisotopic (exact) mass is 404 g/mol. The Morgan fingerprint density at radius 1 is 1.11 bits per heavy atom. The van der Waals surface area contributed by atoms with Crippen molar-refractivity contribution < 1.29 is 23.8 Å². The van der Waals surface area contributed by atoms with Gasteiger partial charge in [0, 0.05) is 29.9 Å². The average Bonchev–Trinajstić information content (AvgIpc) is 3.15. The molecule has 0 amide bonds. The van der Waals surface area contributed by atoms with Crippen molar-refractivity contribution in [2.75, 3.05) is 45.4 Å². The molecule has 0 unspecified atom stereocenters. The van der Waals surface area contributed by atoms with E-state index in [0.717, 1.165) is 16.8 Å². The molecule has 0 radical (unpaired) electrons. The Balaban J connectivity index is 2.12. The predicted molar refractivity (Wildman–Crippen MR) is 106 cm³/mol. The number of benzene rings is 1. The van der Waals surface area contributed by atoms with Crippen LogP contribution in [0.25, 0.3) is 17.2 Å². The number of methoxy groups -OCH3 is 2. The first kappa shape index (κ1) is 20.0. The molecule has 3 rings (SSSR count). The zero-order valence-corrected chi connectivity index (χ0v) is 16.4. The van der Waals surface area contributed by atoms with Crippen molar-refractivity contribution >= 4 is 35.3 Å². The number of carbonyl (C=O) groups excluding carboxylic acids is 2. The van der Waals surface area contributed by atoms with Crippen LogP contribution in [0.1, 0.15) is 5.69 Å². The van der Waals surface area contributed by atoms with Crippen molar-refractivity contribution in [3.8, 4) is 11.1 Å². The molecule has 1 aromatic carbocycles. The molecule has 28 heavy (non-hydrogen) atoms. The fourth-order valence-electron chi connectivity index (χ4n) is 3.08. The molecule has 0 aliphatic carbocycles. The van der Waals surface area contributed by atoms with Crippen molar-refractivity contribution in [3.63, 3.8) is 0 Å². The van der Waals surface area contributed by atoms with E-state index in [1.165, 1.54) is 20.3 Å². The van der Waals surface area contributed by atoms with Crippen LogP contribution in [0.5, 0.6) is 0 Å². The second kappa shape index (κ2) is 8.95. The van der Waals surface area contributed by atoms with Crippen LogP contribution in [0.3, 0.4) is 0 Å². The molecular weight excluding hydrogens is 384 g/mol. The number of nitrogens with zero attached hydrogens (tertiary/aromatic N) is 1. The van der Waals surface area contributed by atoms with E-state index >= 15 is 0 Å². The average molecular weight is 405 g/mol. The topological polar surface area (TPSA) is 80.9 Å². The van der Waals surface area contributed by atoms with Crippen LogP contribution in [0.15, 0.2) is 36.0 Å². The fourth-order valence-corrected chi connectivity index (χ4v) is 3.21. The standard InChI is InChI=1S/C20H21ClN2O5/c1-26-19(24)15(20(25)27-2)11-17-18(23-7-9-28-10-8-23)16(12-22-17)13-3-5-14(21)6-4-13/h3-6,11-12,22H,7-10H2,1-2H3.